The molecule has 0 radical (unpaired) electrons. The predicted octanol–water partition coefficient (Wildman–Crippen LogP) is 1.48. The van der Waals surface area contributed by atoms with Gasteiger partial charge in [0.1, 0.15) is 0 Å². The fourth-order valence-corrected chi connectivity index (χ4v) is 3.86. The second-order valence-corrected chi connectivity index (χ2v) is 7.61. The molecule has 0 aliphatic carbocycles. The number of rotatable bonds is 4. The summed E-state index contributed by atoms with van der Waals surface area (Å²) >= 11 is 0. The van der Waals surface area contributed by atoms with Crippen LogP contribution >= 0.6 is 0 Å². The van der Waals surface area contributed by atoms with Crippen LogP contribution in [0, 0.1) is 0 Å². The first-order chi connectivity index (χ1) is 13.5. The molecular formula is C21H30N4O3. The minimum Gasteiger partial charge on any atom is -0.341 e. The van der Waals surface area contributed by atoms with Gasteiger partial charge in [-0.1, -0.05) is 30.3 Å². The number of likely N-dealkylation sites (tertiary alicyclic amines) is 1. The Labute approximate surface area is 166 Å². The maximum Gasteiger partial charge on any atom is 0.317 e. The zero-order valence-electron chi connectivity index (χ0n) is 16.6. The number of carbonyl (C=O) groups excluding carboxylic acids is 3. The SMILES string of the molecule is CC(=O)N1CCCN(C(=O)NC2CCN(C(=O)CCc3ccccc3)C2)CC1. The van der Waals surface area contributed by atoms with Gasteiger partial charge in [0.05, 0.1) is 0 Å². The lowest BCUT2D eigenvalue weighted by Gasteiger charge is -2.24. The molecule has 1 N–H and O–H groups in total. The molecule has 0 bridgehead atoms. The van der Waals surface area contributed by atoms with E-state index in [2.05, 4.69) is 5.32 Å². The number of aryl methyl sites for hydroxylation is 1. The summed E-state index contributed by atoms with van der Waals surface area (Å²) in [6.07, 6.45) is 2.82. The lowest BCUT2D eigenvalue weighted by atomic mass is 10.1. The van der Waals surface area contributed by atoms with Crippen LogP contribution in [0.1, 0.15) is 31.7 Å². The average Bonchev–Trinajstić information content (AvgIpc) is 3.01. The topological polar surface area (TPSA) is 73.0 Å². The summed E-state index contributed by atoms with van der Waals surface area (Å²) in [6, 6.07) is 9.93. The highest BCUT2D eigenvalue weighted by atomic mass is 16.2. The lowest BCUT2D eigenvalue weighted by molar-refractivity contribution is -0.130. The van der Waals surface area contributed by atoms with Gasteiger partial charge in [-0.15, -0.1) is 0 Å². The number of amides is 4. The predicted molar refractivity (Wildman–Crippen MR) is 107 cm³/mol. The van der Waals surface area contributed by atoms with Crippen LogP contribution in [-0.4, -0.2) is 77.9 Å². The van der Waals surface area contributed by atoms with Crippen molar-refractivity contribution in [2.45, 2.75) is 38.6 Å². The van der Waals surface area contributed by atoms with Gasteiger partial charge >= 0.3 is 6.03 Å². The molecule has 1 atom stereocenters. The van der Waals surface area contributed by atoms with E-state index in [1.54, 1.807) is 16.7 Å². The Morgan fingerprint density at radius 2 is 1.68 bits per heavy atom. The first kappa shape index (κ1) is 20.2. The molecule has 2 aliphatic heterocycles. The Morgan fingerprint density at radius 3 is 2.43 bits per heavy atom. The van der Waals surface area contributed by atoms with Gasteiger partial charge in [0.25, 0.3) is 0 Å². The van der Waals surface area contributed by atoms with Gasteiger partial charge < -0.3 is 20.0 Å². The van der Waals surface area contributed by atoms with Crippen LogP contribution in [0.5, 0.6) is 0 Å². The first-order valence-corrected chi connectivity index (χ1v) is 10.2. The van der Waals surface area contributed by atoms with E-state index < -0.39 is 0 Å². The van der Waals surface area contributed by atoms with Crippen LogP contribution < -0.4 is 5.32 Å². The minimum absolute atomic E-state index is 0.000313. The van der Waals surface area contributed by atoms with E-state index in [1.807, 2.05) is 35.2 Å². The van der Waals surface area contributed by atoms with Crippen LogP contribution in [0.25, 0.3) is 0 Å². The Morgan fingerprint density at radius 1 is 0.964 bits per heavy atom. The van der Waals surface area contributed by atoms with Crippen molar-refractivity contribution in [2.75, 3.05) is 39.3 Å². The van der Waals surface area contributed by atoms with E-state index in [0.29, 0.717) is 45.7 Å². The van der Waals surface area contributed by atoms with Gasteiger partial charge in [0.15, 0.2) is 0 Å². The average molecular weight is 386 g/mol. The van der Waals surface area contributed by atoms with Crippen LogP contribution in [0.2, 0.25) is 0 Å². The molecule has 2 aliphatic rings. The molecule has 7 heteroatoms. The zero-order chi connectivity index (χ0) is 19.9. The molecule has 0 aromatic heterocycles. The number of hydrogen-bond donors (Lipinski definition) is 1. The molecule has 0 spiro atoms. The fourth-order valence-electron chi connectivity index (χ4n) is 3.86. The second-order valence-electron chi connectivity index (χ2n) is 7.61. The molecule has 4 amide bonds. The van der Waals surface area contributed by atoms with E-state index in [9.17, 15) is 14.4 Å². The smallest absolute Gasteiger partial charge is 0.317 e. The molecule has 3 rings (SSSR count). The van der Waals surface area contributed by atoms with Crippen molar-refractivity contribution in [3.05, 3.63) is 35.9 Å². The summed E-state index contributed by atoms with van der Waals surface area (Å²) in [6.45, 7) is 5.32. The zero-order valence-corrected chi connectivity index (χ0v) is 16.6. The van der Waals surface area contributed by atoms with Crippen LogP contribution in [0.3, 0.4) is 0 Å². The Bertz CT molecular complexity index is 694. The van der Waals surface area contributed by atoms with Crippen molar-refractivity contribution in [1.29, 1.82) is 0 Å². The van der Waals surface area contributed by atoms with Gasteiger partial charge in [-0.05, 0) is 24.8 Å². The Balaban J connectivity index is 1.42. The highest BCUT2D eigenvalue weighted by Gasteiger charge is 2.29. The van der Waals surface area contributed by atoms with E-state index in [1.165, 1.54) is 5.56 Å². The number of nitrogens with zero attached hydrogens (tertiary/aromatic N) is 3. The van der Waals surface area contributed by atoms with Crippen LogP contribution in [0.4, 0.5) is 4.79 Å². The van der Waals surface area contributed by atoms with E-state index in [0.717, 1.165) is 19.3 Å². The van der Waals surface area contributed by atoms with E-state index >= 15 is 0 Å². The van der Waals surface area contributed by atoms with Gasteiger partial charge in [-0.2, -0.15) is 0 Å². The second kappa shape index (κ2) is 9.57. The van der Waals surface area contributed by atoms with Crippen molar-refractivity contribution in [1.82, 2.24) is 20.0 Å². The van der Waals surface area contributed by atoms with Crippen LogP contribution in [-0.2, 0) is 16.0 Å². The van der Waals surface area contributed by atoms with Crippen LogP contribution in [0.15, 0.2) is 30.3 Å². The Kier molecular flexibility index (Phi) is 6.90. The number of carbonyl (C=O) groups is 3. The molecule has 1 unspecified atom stereocenters. The molecule has 2 fully saturated rings. The summed E-state index contributed by atoms with van der Waals surface area (Å²) in [5.41, 5.74) is 1.17. The minimum atomic E-state index is -0.0889. The monoisotopic (exact) mass is 386 g/mol. The third-order valence-corrected chi connectivity index (χ3v) is 5.57. The fraction of sp³-hybridized carbons (Fsp3) is 0.571. The molecule has 7 nitrogen and oxygen atoms in total. The molecular weight excluding hydrogens is 356 g/mol. The number of nitrogens with one attached hydrogen (secondary N) is 1. The van der Waals surface area contributed by atoms with E-state index in [4.69, 9.17) is 0 Å². The van der Waals surface area contributed by atoms with Crippen molar-refractivity contribution < 1.29 is 14.4 Å². The molecule has 0 saturated carbocycles. The maximum absolute atomic E-state index is 12.6. The summed E-state index contributed by atoms with van der Waals surface area (Å²) in [5, 5.41) is 3.07. The largest absolute Gasteiger partial charge is 0.341 e. The molecule has 28 heavy (non-hydrogen) atoms. The van der Waals surface area contributed by atoms with Gasteiger partial charge in [0.2, 0.25) is 11.8 Å². The summed E-state index contributed by atoms with van der Waals surface area (Å²) in [4.78, 5) is 42.0. The highest BCUT2D eigenvalue weighted by molar-refractivity contribution is 5.78. The molecule has 2 saturated heterocycles. The van der Waals surface area contributed by atoms with Crippen molar-refractivity contribution in [3.63, 3.8) is 0 Å². The van der Waals surface area contributed by atoms with Gasteiger partial charge in [-0.3, -0.25) is 9.59 Å². The summed E-state index contributed by atoms with van der Waals surface area (Å²) < 4.78 is 0. The molecule has 2 heterocycles. The molecule has 1 aromatic rings. The molecule has 152 valence electrons. The Hall–Kier alpha value is -2.57. The van der Waals surface area contributed by atoms with E-state index in [-0.39, 0.29) is 23.9 Å². The van der Waals surface area contributed by atoms with Crippen molar-refractivity contribution in [3.8, 4) is 0 Å². The normalized spacial score (nSPS) is 20.0. The number of urea groups is 1. The summed E-state index contributed by atoms with van der Waals surface area (Å²) in [7, 11) is 0. The number of benzene rings is 1. The molecule has 1 aromatic carbocycles. The quantitative estimate of drug-likeness (QED) is 0.852. The maximum atomic E-state index is 12.6. The number of hydrogen-bond acceptors (Lipinski definition) is 3. The van der Waals surface area contributed by atoms with Gasteiger partial charge in [0, 0.05) is 58.7 Å². The van der Waals surface area contributed by atoms with Crippen molar-refractivity contribution >= 4 is 17.8 Å². The highest BCUT2D eigenvalue weighted by Crippen LogP contribution is 2.13. The third-order valence-electron chi connectivity index (χ3n) is 5.57. The third kappa shape index (κ3) is 5.47. The van der Waals surface area contributed by atoms with Crippen molar-refractivity contribution in [2.24, 2.45) is 0 Å². The summed E-state index contributed by atoms with van der Waals surface area (Å²) in [5.74, 6) is 0.204. The lowest BCUT2D eigenvalue weighted by Crippen LogP contribution is -2.47. The first-order valence-electron chi connectivity index (χ1n) is 10.2. The standard InChI is InChI=1S/C21H30N4O3/c1-17(26)23-11-5-12-24(15-14-23)21(28)22-19-10-13-25(16-19)20(27)9-8-18-6-3-2-4-7-18/h2-4,6-7,19H,5,8-16H2,1H3,(H,22,28). The van der Waals surface area contributed by atoms with Gasteiger partial charge in [-0.25, -0.2) is 4.79 Å².